The summed E-state index contributed by atoms with van der Waals surface area (Å²) in [7, 11) is 0. The predicted octanol–water partition coefficient (Wildman–Crippen LogP) is 5.44. The first-order valence-electron chi connectivity index (χ1n) is 5.64. The van der Waals surface area contributed by atoms with Crippen molar-refractivity contribution < 1.29 is 4.42 Å². The molecular weight excluding hydrogens is 312 g/mol. The Labute approximate surface area is 119 Å². The van der Waals surface area contributed by atoms with Crippen molar-refractivity contribution in [3.05, 3.63) is 69.3 Å². The quantitative estimate of drug-likeness (QED) is 0.612. The maximum absolute atomic E-state index is 6.25. The number of benzene rings is 2. The second-order valence-electron chi connectivity index (χ2n) is 4.14. The molecule has 0 fully saturated rings. The van der Waals surface area contributed by atoms with E-state index in [-0.39, 0.29) is 0 Å². The summed E-state index contributed by atoms with van der Waals surface area (Å²) in [5.41, 5.74) is 1.98. The molecule has 0 saturated carbocycles. The molecule has 0 aliphatic heterocycles. The van der Waals surface area contributed by atoms with Crippen molar-refractivity contribution in [2.45, 2.75) is 6.42 Å². The average Bonchev–Trinajstić information content (AvgIpc) is 2.77. The fourth-order valence-corrected chi connectivity index (χ4v) is 2.60. The van der Waals surface area contributed by atoms with E-state index < -0.39 is 0 Å². The molecule has 3 rings (SSSR count). The van der Waals surface area contributed by atoms with Gasteiger partial charge in [0.05, 0.1) is 5.02 Å². The monoisotopic (exact) mass is 320 g/mol. The van der Waals surface area contributed by atoms with Crippen molar-refractivity contribution in [1.82, 2.24) is 0 Å². The van der Waals surface area contributed by atoms with Crippen LogP contribution in [0.2, 0.25) is 5.02 Å². The number of halogens is 2. The molecule has 0 aliphatic rings. The van der Waals surface area contributed by atoms with E-state index in [0.29, 0.717) is 6.42 Å². The van der Waals surface area contributed by atoms with Gasteiger partial charge in [-0.1, -0.05) is 41.9 Å². The van der Waals surface area contributed by atoms with Gasteiger partial charge in [-0.2, -0.15) is 0 Å². The fourth-order valence-electron chi connectivity index (χ4n) is 2.00. The van der Waals surface area contributed by atoms with Crippen LogP contribution in [0.25, 0.3) is 11.0 Å². The van der Waals surface area contributed by atoms with Crippen LogP contribution in [0.15, 0.2) is 57.4 Å². The summed E-state index contributed by atoms with van der Waals surface area (Å²) in [6.07, 6.45) is 0.701. The summed E-state index contributed by atoms with van der Waals surface area (Å²) in [4.78, 5) is 0. The molecule has 0 aliphatic carbocycles. The highest BCUT2D eigenvalue weighted by Gasteiger charge is 2.08. The molecule has 3 heteroatoms. The molecule has 0 unspecified atom stereocenters. The lowest BCUT2D eigenvalue weighted by atomic mass is 10.1. The molecule has 0 amide bonds. The van der Waals surface area contributed by atoms with Crippen LogP contribution in [0.3, 0.4) is 0 Å². The predicted molar refractivity (Wildman–Crippen MR) is 78.2 cm³/mol. The summed E-state index contributed by atoms with van der Waals surface area (Å²) in [5, 5.41) is 1.87. The van der Waals surface area contributed by atoms with Crippen molar-refractivity contribution in [2.75, 3.05) is 0 Å². The Kier molecular flexibility index (Phi) is 3.14. The van der Waals surface area contributed by atoms with Gasteiger partial charge in [0.2, 0.25) is 0 Å². The summed E-state index contributed by atoms with van der Waals surface area (Å²) < 4.78 is 6.71. The Balaban J connectivity index is 1.99. The molecule has 18 heavy (non-hydrogen) atoms. The van der Waals surface area contributed by atoms with Gasteiger partial charge in [-0.25, -0.2) is 0 Å². The van der Waals surface area contributed by atoms with E-state index in [9.17, 15) is 0 Å². The van der Waals surface area contributed by atoms with Crippen molar-refractivity contribution in [1.29, 1.82) is 0 Å². The largest absolute Gasteiger partial charge is 0.461 e. The van der Waals surface area contributed by atoms with Crippen LogP contribution in [0.1, 0.15) is 11.3 Å². The molecular formula is C15H10BrClO. The Morgan fingerprint density at radius 2 is 1.89 bits per heavy atom. The van der Waals surface area contributed by atoms with Crippen LogP contribution in [0.5, 0.6) is 0 Å². The molecule has 0 N–H and O–H groups in total. The number of fused-ring (bicyclic) bond motifs is 1. The van der Waals surface area contributed by atoms with Crippen LogP contribution < -0.4 is 0 Å². The minimum Gasteiger partial charge on any atom is -0.461 e. The van der Waals surface area contributed by atoms with Gasteiger partial charge in [0.25, 0.3) is 0 Å². The first-order chi connectivity index (χ1) is 8.74. The second-order valence-corrected chi connectivity index (χ2v) is 5.37. The maximum atomic E-state index is 6.25. The Morgan fingerprint density at radius 3 is 2.72 bits per heavy atom. The van der Waals surface area contributed by atoms with Crippen molar-refractivity contribution in [3.63, 3.8) is 0 Å². The summed E-state index contributed by atoms with van der Waals surface area (Å²) in [6, 6.07) is 16.0. The van der Waals surface area contributed by atoms with E-state index in [4.69, 9.17) is 16.0 Å². The average molecular weight is 322 g/mol. The van der Waals surface area contributed by atoms with E-state index in [0.717, 1.165) is 31.8 Å². The van der Waals surface area contributed by atoms with Gasteiger partial charge in [-0.05, 0) is 39.7 Å². The molecule has 1 heterocycles. The second kappa shape index (κ2) is 4.79. The zero-order valence-corrected chi connectivity index (χ0v) is 11.8. The zero-order valence-electron chi connectivity index (χ0n) is 9.49. The molecule has 3 aromatic rings. The summed E-state index contributed by atoms with van der Waals surface area (Å²) in [6.45, 7) is 0. The minimum absolute atomic E-state index is 0.701. The van der Waals surface area contributed by atoms with Crippen molar-refractivity contribution in [3.8, 4) is 0 Å². The molecule has 90 valence electrons. The summed E-state index contributed by atoms with van der Waals surface area (Å²) >= 11 is 9.68. The van der Waals surface area contributed by atoms with Crippen LogP contribution in [-0.4, -0.2) is 0 Å². The van der Waals surface area contributed by atoms with Crippen LogP contribution in [0.4, 0.5) is 0 Å². The third-order valence-corrected chi connectivity index (χ3v) is 4.21. The lowest BCUT2D eigenvalue weighted by molar-refractivity contribution is 0.563. The molecule has 0 saturated heterocycles. The first-order valence-corrected chi connectivity index (χ1v) is 6.81. The highest BCUT2D eigenvalue weighted by Crippen LogP contribution is 2.29. The van der Waals surface area contributed by atoms with Crippen LogP contribution in [0, 0.1) is 0 Å². The van der Waals surface area contributed by atoms with Crippen LogP contribution in [-0.2, 0) is 6.42 Å². The molecule has 0 bridgehead atoms. The van der Waals surface area contributed by atoms with Gasteiger partial charge in [0.15, 0.2) is 0 Å². The topological polar surface area (TPSA) is 13.1 Å². The number of hydrogen-bond acceptors (Lipinski definition) is 1. The van der Waals surface area contributed by atoms with Gasteiger partial charge < -0.3 is 4.42 Å². The smallest absolute Gasteiger partial charge is 0.134 e. The normalized spacial score (nSPS) is 11.0. The standard InChI is InChI=1S/C15H10BrClO/c16-13-6-3-5-11(15(13)17)9-12-8-10-4-1-2-7-14(10)18-12/h1-8H,9H2. The Morgan fingerprint density at radius 1 is 1.06 bits per heavy atom. The van der Waals surface area contributed by atoms with Crippen molar-refractivity contribution in [2.24, 2.45) is 0 Å². The fraction of sp³-hybridized carbons (Fsp3) is 0.0667. The van der Waals surface area contributed by atoms with Gasteiger partial charge in [0.1, 0.15) is 11.3 Å². The number of hydrogen-bond donors (Lipinski definition) is 0. The first kappa shape index (κ1) is 11.8. The van der Waals surface area contributed by atoms with E-state index in [1.54, 1.807) is 0 Å². The molecule has 1 nitrogen and oxygen atoms in total. The third-order valence-electron chi connectivity index (χ3n) is 2.87. The highest BCUT2D eigenvalue weighted by molar-refractivity contribution is 9.10. The minimum atomic E-state index is 0.701. The number of furan rings is 1. The molecule has 0 atom stereocenters. The van der Waals surface area contributed by atoms with E-state index in [1.807, 2.05) is 42.5 Å². The number of rotatable bonds is 2. The van der Waals surface area contributed by atoms with Crippen LogP contribution >= 0.6 is 27.5 Å². The van der Waals surface area contributed by atoms with E-state index in [2.05, 4.69) is 22.0 Å². The van der Waals surface area contributed by atoms with E-state index in [1.165, 1.54) is 0 Å². The summed E-state index contributed by atoms with van der Waals surface area (Å²) in [5.74, 6) is 0.927. The Hall–Kier alpha value is -1.25. The third kappa shape index (κ3) is 2.18. The highest BCUT2D eigenvalue weighted by atomic mass is 79.9. The molecule has 2 aromatic carbocycles. The van der Waals surface area contributed by atoms with Gasteiger partial charge >= 0.3 is 0 Å². The van der Waals surface area contributed by atoms with Gasteiger partial charge in [-0.3, -0.25) is 0 Å². The molecule has 0 spiro atoms. The van der Waals surface area contributed by atoms with Gasteiger partial charge in [0, 0.05) is 16.3 Å². The molecule has 0 radical (unpaired) electrons. The zero-order chi connectivity index (χ0) is 12.5. The Bertz CT molecular complexity index is 670. The van der Waals surface area contributed by atoms with Crippen molar-refractivity contribution >= 4 is 38.5 Å². The SMILES string of the molecule is Clc1c(Br)cccc1Cc1cc2ccccc2o1. The molecule has 1 aromatic heterocycles. The lowest BCUT2D eigenvalue weighted by Crippen LogP contribution is -1.87. The van der Waals surface area contributed by atoms with E-state index >= 15 is 0 Å². The maximum Gasteiger partial charge on any atom is 0.134 e. The lowest BCUT2D eigenvalue weighted by Gasteiger charge is -2.03. The van der Waals surface area contributed by atoms with Gasteiger partial charge in [-0.15, -0.1) is 0 Å². The number of para-hydroxylation sites is 1.